The standard InChI is InChI=1S/C7H8N2O2.C3H5NO/c1-2-11-5-6(3-8)7(10)4-9;4-2-1-3-5/h5,7,10H,2H2,1H3;5H,1,3H2. The smallest absolute Gasteiger partial charge is 0.178 e. The second-order valence-corrected chi connectivity index (χ2v) is 2.30. The topological polar surface area (TPSA) is 121 Å². The first-order valence-electron chi connectivity index (χ1n) is 4.45. The molecule has 1 atom stereocenters. The van der Waals surface area contributed by atoms with Crippen LogP contribution in [0.2, 0.25) is 0 Å². The number of rotatable bonds is 4. The summed E-state index contributed by atoms with van der Waals surface area (Å²) in [5.74, 6) is 0. The van der Waals surface area contributed by atoms with Crippen molar-refractivity contribution < 1.29 is 14.9 Å². The van der Waals surface area contributed by atoms with Crippen molar-refractivity contribution in [2.45, 2.75) is 19.4 Å². The summed E-state index contributed by atoms with van der Waals surface area (Å²) in [5.41, 5.74) is -0.0747. The van der Waals surface area contributed by atoms with Gasteiger partial charge in [0.05, 0.1) is 31.8 Å². The minimum atomic E-state index is -1.38. The molecule has 0 fully saturated rings. The van der Waals surface area contributed by atoms with Gasteiger partial charge in [-0.15, -0.1) is 0 Å². The number of nitriles is 3. The van der Waals surface area contributed by atoms with Crippen LogP contribution in [0.1, 0.15) is 13.3 Å². The fourth-order valence-corrected chi connectivity index (χ4v) is 0.445. The molecule has 0 rings (SSSR count). The normalized spacial score (nSPS) is 10.9. The summed E-state index contributed by atoms with van der Waals surface area (Å²) >= 11 is 0. The van der Waals surface area contributed by atoms with Gasteiger partial charge in [0.1, 0.15) is 17.9 Å². The predicted molar refractivity (Wildman–Crippen MR) is 54.3 cm³/mol. The highest BCUT2D eigenvalue weighted by atomic mass is 16.5. The summed E-state index contributed by atoms with van der Waals surface area (Å²) in [6, 6.07) is 4.93. The lowest BCUT2D eigenvalue weighted by Gasteiger charge is -1.98. The van der Waals surface area contributed by atoms with E-state index in [9.17, 15) is 0 Å². The van der Waals surface area contributed by atoms with E-state index in [1.807, 2.05) is 0 Å². The number of aliphatic hydroxyl groups excluding tert-OH is 2. The maximum absolute atomic E-state index is 8.81. The number of ether oxygens (including phenoxy) is 1. The highest BCUT2D eigenvalue weighted by Crippen LogP contribution is 1.99. The summed E-state index contributed by atoms with van der Waals surface area (Å²) in [7, 11) is 0. The second kappa shape index (κ2) is 12.9. The van der Waals surface area contributed by atoms with Crippen molar-refractivity contribution in [3.05, 3.63) is 11.8 Å². The Kier molecular flexibility index (Phi) is 13.2. The van der Waals surface area contributed by atoms with Gasteiger partial charge in [0.2, 0.25) is 0 Å². The summed E-state index contributed by atoms with van der Waals surface area (Å²) in [6.45, 7) is 2.13. The largest absolute Gasteiger partial charge is 0.500 e. The quantitative estimate of drug-likeness (QED) is 0.399. The van der Waals surface area contributed by atoms with E-state index >= 15 is 0 Å². The van der Waals surface area contributed by atoms with Gasteiger partial charge in [-0.1, -0.05) is 0 Å². The molecular weight excluding hydrogens is 210 g/mol. The van der Waals surface area contributed by atoms with Gasteiger partial charge in [0.15, 0.2) is 6.10 Å². The molecule has 0 spiro atoms. The molecule has 2 N–H and O–H groups in total. The van der Waals surface area contributed by atoms with Gasteiger partial charge < -0.3 is 14.9 Å². The van der Waals surface area contributed by atoms with Crippen LogP contribution in [0.3, 0.4) is 0 Å². The van der Waals surface area contributed by atoms with Crippen LogP contribution in [0, 0.1) is 34.0 Å². The molecule has 1 unspecified atom stereocenters. The molecule has 0 saturated carbocycles. The van der Waals surface area contributed by atoms with E-state index in [1.165, 1.54) is 6.07 Å². The SMILES string of the molecule is CCOC=C(C#N)C(O)C#N.N#CCCO. The fourth-order valence-electron chi connectivity index (χ4n) is 0.445. The summed E-state index contributed by atoms with van der Waals surface area (Å²) < 4.78 is 4.71. The molecule has 0 saturated heterocycles. The summed E-state index contributed by atoms with van der Waals surface area (Å²) in [6.07, 6.45) is -0.0417. The Morgan fingerprint density at radius 1 is 1.44 bits per heavy atom. The third-order valence-corrected chi connectivity index (χ3v) is 1.15. The zero-order chi connectivity index (χ0) is 12.8. The van der Waals surface area contributed by atoms with Gasteiger partial charge in [0, 0.05) is 0 Å². The Hall–Kier alpha value is -2.07. The first-order valence-corrected chi connectivity index (χ1v) is 4.45. The Bertz CT molecular complexity index is 320. The monoisotopic (exact) mass is 223 g/mol. The molecule has 16 heavy (non-hydrogen) atoms. The minimum Gasteiger partial charge on any atom is -0.500 e. The van der Waals surface area contributed by atoms with Crippen molar-refractivity contribution in [2.24, 2.45) is 0 Å². The predicted octanol–water partition coefficient (Wildman–Crippen LogP) is 0.207. The van der Waals surface area contributed by atoms with E-state index in [0.29, 0.717) is 6.61 Å². The summed E-state index contributed by atoms with van der Waals surface area (Å²) in [4.78, 5) is 0. The first-order chi connectivity index (χ1) is 7.67. The highest BCUT2D eigenvalue weighted by molar-refractivity contribution is 5.28. The molecule has 0 aliphatic rings. The molecule has 0 aliphatic heterocycles. The van der Waals surface area contributed by atoms with E-state index in [4.69, 9.17) is 30.7 Å². The lowest BCUT2D eigenvalue weighted by atomic mass is 10.2. The van der Waals surface area contributed by atoms with Gasteiger partial charge in [0.25, 0.3) is 0 Å². The number of hydrogen-bond acceptors (Lipinski definition) is 6. The van der Waals surface area contributed by atoms with Crippen LogP contribution in [-0.4, -0.2) is 29.5 Å². The molecule has 0 aromatic heterocycles. The number of aliphatic hydroxyl groups is 2. The Balaban J connectivity index is 0. The molecule has 0 aromatic carbocycles. The van der Waals surface area contributed by atoms with Crippen LogP contribution in [0.5, 0.6) is 0 Å². The molecule has 86 valence electrons. The van der Waals surface area contributed by atoms with Crippen LogP contribution >= 0.6 is 0 Å². The van der Waals surface area contributed by atoms with Crippen LogP contribution in [0.4, 0.5) is 0 Å². The van der Waals surface area contributed by atoms with Gasteiger partial charge in [-0.2, -0.15) is 15.8 Å². The summed E-state index contributed by atoms with van der Waals surface area (Å²) in [5, 5.41) is 40.8. The van der Waals surface area contributed by atoms with Crippen molar-refractivity contribution in [2.75, 3.05) is 13.2 Å². The van der Waals surface area contributed by atoms with E-state index in [-0.39, 0.29) is 18.6 Å². The van der Waals surface area contributed by atoms with E-state index < -0.39 is 6.10 Å². The third kappa shape index (κ3) is 10.0. The first kappa shape index (κ1) is 16.4. The van der Waals surface area contributed by atoms with Crippen LogP contribution in [0.25, 0.3) is 0 Å². The van der Waals surface area contributed by atoms with Crippen LogP contribution in [0.15, 0.2) is 11.8 Å². The van der Waals surface area contributed by atoms with Gasteiger partial charge in [-0.25, -0.2) is 0 Å². The molecule has 0 bridgehead atoms. The lowest BCUT2D eigenvalue weighted by Crippen LogP contribution is -2.05. The van der Waals surface area contributed by atoms with Crippen molar-refractivity contribution in [3.8, 4) is 18.2 Å². The number of nitrogens with zero attached hydrogens (tertiary/aromatic N) is 3. The molecule has 0 amide bonds. The fraction of sp³-hybridized carbons (Fsp3) is 0.500. The molecule has 0 aliphatic carbocycles. The van der Waals surface area contributed by atoms with Crippen molar-refractivity contribution in [1.29, 1.82) is 15.8 Å². The van der Waals surface area contributed by atoms with Gasteiger partial charge >= 0.3 is 0 Å². The van der Waals surface area contributed by atoms with Gasteiger partial charge in [-0.05, 0) is 6.92 Å². The molecular formula is C10H13N3O3. The van der Waals surface area contributed by atoms with Crippen molar-refractivity contribution in [1.82, 2.24) is 0 Å². The second-order valence-electron chi connectivity index (χ2n) is 2.30. The lowest BCUT2D eigenvalue weighted by molar-refractivity contribution is 0.239. The van der Waals surface area contributed by atoms with Crippen molar-refractivity contribution >= 4 is 0 Å². The Labute approximate surface area is 94.2 Å². The third-order valence-electron chi connectivity index (χ3n) is 1.15. The maximum atomic E-state index is 8.81. The van der Waals surface area contributed by atoms with Crippen LogP contribution in [-0.2, 0) is 4.74 Å². The maximum Gasteiger partial charge on any atom is 0.178 e. The molecule has 6 nitrogen and oxygen atoms in total. The van der Waals surface area contributed by atoms with E-state index in [2.05, 4.69) is 0 Å². The average molecular weight is 223 g/mol. The molecule has 0 heterocycles. The van der Waals surface area contributed by atoms with E-state index in [0.717, 1.165) is 6.26 Å². The minimum absolute atomic E-state index is 0.0174. The van der Waals surface area contributed by atoms with Gasteiger partial charge in [-0.3, -0.25) is 0 Å². The van der Waals surface area contributed by atoms with Crippen molar-refractivity contribution in [3.63, 3.8) is 0 Å². The Morgan fingerprint density at radius 3 is 2.31 bits per heavy atom. The zero-order valence-corrected chi connectivity index (χ0v) is 8.92. The molecule has 0 radical (unpaired) electrons. The number of hydrogen-bond donors (Lipinski definition) is 2. The Morgan fingerprint density at radius 2 is 2.06 bits per heavy atom. The average Bonchev–Trinajstić information content (AvgIpc) is 2.31. The van der Waals surface area contributed by atoms with Crippen LogP contribution < -0.4 is 0 Å². The molecule has 6 heteroatoms. The highest BCUT2D eigenvalue weighted by Gasteiger charge is 2.08. The zero-order valence-electron chi connectivity index (χ0n) is 8.92. The molecule has 0 aromatic rings. The van der Waals surface area contributed by atoms with E-state index in [1.54, 1.807) is 19.1 Å².